The van der Waals surface area contributed by atoms with Gasteiger partial charge in [-0.25, -0.2) is 0 Å². The van der Waals surface area contributed by atoms with Gasteiger partial charge in [-0.2, -0.15) is 0 Å². The van der Waals surface area contributed by atoms with Crippen LogP contribution in [-0.4, -0.2) is 4.57 Å². The number of aromatic nitrogens is 1. The molecule has 0 fully saturated rings. The molecule has 0 atom stereocenters. The fourth-order valence-electron chi connectivity index (χ4n) is 8.59. The highest BCUT2D eigenvalue weighted by atomic mass is 16.1. The summed E-state index contributed by atoms with van der Waals surface area (Å²) in [4.78, 5) is 13.3. The summed E-state index contributed by atoms with van der Waals surface area (Å²) in [6.45, 7) is 4.27. The van der Waals surface area contributed by atoms with Crippen molar-refractivity contribution in [2.75, 3.05) is 0 Å². The van der Waals surface area contributed by atoms with Gasteiger partial charge in [0.05, 0.1) is 0 Å². The monoisotopic (exact) mass is 531 g/mol. The van der Waals surface area contributed by atoms with E-state index in [1.165, 1.54) is 92.3 Å². The van der Waals surface area contributed by atoms with E-state index in [1.54, 1.807) is 4.57 Å². The van der Waals surface area contributed by atoms with Crippen LogP contribution in [0.1, 0.15) is 0 Å². The molecule has 1 aromatic heterocycles. The van der Waals surface area contributed by atoms with Crippen LogP contribution in [0.3, 0.4) is 0 Å². The molecule has 11 rings (SSSR count). The fraction of sp³-hybridized carbons (Fsp3) is 0.0250. The number of hydrogen-bond donors (Lipinski definition) is 0. The van der Waals surface area contributed by atoms with Crippen molar-refractivity contribution in [3.8, 4) is 22.3 Å². The molecular weight excluding hydrogens is 510 g/mol. The average Bonchev–Trinajstić information content (AvgIpc) is 3.37. The van der Waals surface area contributed by atoms with E-state index < -0.39 is 0 Å². The van der Waals surface area contributed by atoms with Crippen molar-refractivity contribution in [3.63, 3.8) is 0 Å². The van der Waals surface area contributed by atoms with Gasteiger partial charge in [0.1, 0.15) is 0 Å². The smallest absolute Gasteiger partial charge is 0.258 e. The lowest BCUT2D eigenvalue weighted by Crippen LogP contribution is -2.30. The molecule has 42 heavy (non-hydrogen) atoms. The van der Waals surface area contributed by atoms with Gasteiger partial charge in [0, 0.05) is 28.6 Å². The van der Waals surface area contributed by atoms with E-state index in [9.17, 15) is 4.79 Å². The third kappa shape index (κ3) is 2.11. The molecule has 0 N–H and O–H groups in total. The normalized spacial score (nSPS) is 13.1. The Balaban J connectivity index is 1.40. The molecule has 2 heteroatoms. The van der Waals surface area contributed by atoms with Gasteiger partial charge in [-0.05, 0) is 98.3 Å². The second kappa shape index (κ2) is 6.70. The molecule has 0 unspecified atom stereocenters. The van der Waals surface area contributed by atoms with Gasteiger partial charge >= 0.3 is 0 Å². The second-order valence-electron chi connectivity index (χ2n) is 12.1. The maximum atomic E-state index is 13.3. The highest BCUT2D eigenvalue weighted by molar-refractivity contribution is 6.44. The van der Waals surface area contributed by atoms with Crippen LogP contribution in [0.25, 0.3) is 115 Å². The molecule has 1 aliphatic rings. The molecule has 0 radical (unpaired) electrons. The molecule has 0 saturated carbocycles. The van der Waals surface area contributed by atoms with Crippen LogP contribution in [0.15, 0.2) is 102 Å². The SMILES string of the molecule is C=c1c2ccc3c4ccc5c6ccc7c8c(ccc(c9ccc(c%10ccc(c(=O)n1C)c2c3%10)c4c59)c86)-c1ccccc1-7. The summed E-state index contributed by atoms with van der Waals surface area (Å²) >= 11 is 0. The summed E-state index contributed by atoms with van der Waals surface area (Å²) in [6.07, 6.45) is 0. The Morgan fingerprint density at radius 3 is 1.19 bits per heavy atom. The molecule has 2 nitrogen and oxygen atoms in total. The number of benzene rings is 9. The third-order valence-electron chi connectivity index (χ3n) is 10.4. The summed E-state index contributed by atoms with van der Waals surface area (Å²) in [5.74, 6) is 0. The molecule has 192 valence electrons. The number of pyridine rings is 1. The molecule has 0 bridgehead atoms. The van der Waals surface area contributed by atoms with E-state index in [4.69, 9.17) is 0 Å². The van der Waals surface area contributed by atoms with Crippen LogP contribution >= 0.6 is 0 Å². The quantitative estimate of drug-likeness (QED) is 0.141. The first-order chi connectivity index (χ1) is 20.6. The van der Waals surface area contributed by atoms with Crippen molar-refractivity contribution < 1.29 is 0 Å². The molecule has 0 amide bonds. The van der Waals surface area contributed by atoms with E-state index in [-0.39, 0.29) is 5.56 Å². The van der Waals surface area contributed by atoms with Gasteiger partial charge in [0.2, 0.25) is 0 Å². The lowest BCUT2D eigenvalue weighted by Gasteiger charge is -2.20. The zero-order chi connectivity index (χ0) is 27.6. The highest BCUT2D eigenvalue weighted by Gasteiger charge is 2.26. The van der Waals surface area contributed by atoms with Gasteiger partial charge in [-0.15, -0.1) is 0 Å². The minimum atomic E-state index is 0.00944. The second-order valence-corrected chi connectivity index (χ2v) is 12.1. The highest BCUT2D eigenvalue weighted by Crippen LogP contribution is 2.53. The van der Waals surface area contributed by atoms with Gasteiger partial charge in [0.25, 0.3) is 5.56 Å². The number of rotatable bonds is 0. The molecule has 9 aromatic carbocycles. The van der Waals surface area contributed by atoms with Crippen LogP contribution < -0.4 is 10.9 Å². The Morgan fingerprint density at radius 2 is 0.738 bits per heavy atom. The topological polar surface area (TPSA) is 22.0 Å². The molecule has 0 spiro atoms. The van der Waals surface area contributed by atoms with Crippen LogP contribution in [-0.2, 0) is 7.05 Å². The minimum Gasteiger partial charge on any atom is -0.311 e. The zero-order valence-corrected chi connectivity index (χ0v) is 22.8. The maximum absolute atomic E-state index is 13.3. The Hall–Kier alpha value is -5.47. The van der Waals surface area contributed by atoms with Gasteiger partial charge in [0.15, 0.2) is 0 Å². The first kappa shape index (κ1) is 21.3. The van der Waals surface area contributed by atoms with E-state index in [2.05, 4.69) is 97.6 Å². The number of hydrogen-bond acceptors (Lipinski definition) is 1. The van der Waals surface area contributed by atoms with Crippen LogP contribution in [0, 0.1) is 0 Å². The lowest BCUT2D eigenvalue weighted by atomic mass is 9.82. The van der Waals surface area contributed by atoms with Crippen molar-refractivity contribution in [2.24, 2.45) is 7.05 Å². The summed E-state index contributed by atoms with van der Waals surface area (Å²) in [5.41, 5.74) is 5.35. The predicted molar refractivity (Wildman–Crippen MR) is 179 cm³/mol. The summed E-state index contributed by atoms with van der Waals surface area (Å²) in [7, 11) is 1.81. The maximum Gasteiger partial charge on any atom is 0.258 e. The summed E-state index contributed by atoms with van der Waals surface area (Å²) in [5, 5.41) is 20.3. The Bertz CT molecular complexity index is 2810. The molecule has 0 aliphatic heterocycles. The van der Waals surface area contributed by atoms with E-state index >= 15 is 0 Å². The summed E-state index contributed by atoms with van der Waals surface area (Å²) < 4.78 is 1.67. The molecule has 1 heterocycles. The van der Waals surface area contributed by atoms with Crippen molar-refractivity contribution in [1.29, 1.82) is 0 Å². The Kier molecular flexibility index (Phi) is 3.40. The fourth-order valence-corrected chi connectivity index (χ4v) is 8.59. The van der Waals surface area contributed by atoms with Crippen LogP contribution in [0.2, 0.25) is 0 Å². The van der Waals surface area contributed by atoms with Crippen LogP contribution in [0.5, 0.6) is 0 Å². The third-order valence-corrected chi connectivity index (χ3v) is 10.4. The lowest BCUT2D eigenvalue weighted by molar-refractivity contribution is 0.849. The van der Waals surface area contributed by atoms with Crippen molar-refractivity contribution in [2.45, 2.75) is 0 Å². The van der Waals surface area contributed by atoms with Gasteiger partial charge < -0.3 is 4.57 Å². The Labute approximate surface area is 239 Å². The largest absolute Gasteiger partial charge is 0.311 e. The molecule has 10 aromatic rings. The molecule has 0 saturated heterocycles. The van der Waals surface area contributed by atoms with Crippen molar-refractivity contribution >= 4 is 92.8 Å². The van der Waals surface area contributed by atoms with Gasteiger partial charge in [-0.3, -0.25) is 4.79 Å². The predicted octanol–water partition coefficient (Wildman–Crippen LogP) is 9.26. The van der Waals surface area contributed by atoms with Gasteiger partial charge in [-0.1, -0.05) is 97.6 Å². The molecule has 1 aliphatic carbocycles. The summed E-state index contributed by atoms with van der Waals surface area (Å²) in [6, 6.07) is 36.0. The average molecular weight is 532 g/mol. The molecular formula is C40H21NO. The van der Waals surface area contributed by atoms with Crippen LogP contribution in [0.4, 0.5) is 0 Å². The first-order valence-electron chi connectivity index (χ1n) is 14.5. The van der Waals surface area contributed by atoms with Crippen molar-refractivity contribution in [1.82, 2.24) is 4.57 Å². The number of nitrogens with zero attached hydrogens (tertiary/aromatic N) is 1. The van der Waals surface area contributed by atoms with E-state index in [1.807, 2.05) is 13.1 Å². The van der Waals surface area contributed by atoms with E-state index in [0.29, 0.717) is 0 Å². The number of fused-ring (bicyclic) bond motifs is 7. The Morgan fingerprint density at radius 1 is 0.405 bits per heavy atom. The standard InChI is InChI=1S/C40H21NO/c1-19-20-7-8-25-28-13-14-29-26-11-9-23-21-5-3-4-6-22(21)24-10-12-27(37(26)35(23)24)30-15-16-31(38(28)39(29)30)32-17-18-33(34(20)36(25)32)40(42)41(19)2/h3-18H,1H2,2H3. The van der Waals surface area contributed by atoms with Crippen molar-refractivity contribution in [3.05, 3.63) is 113 Å². The zero-order valence-electron chi connectivity index (χ0n) is 22.8. The van der Waals surface area contributed by atoms with E-state index in [0.717, 1.165) is 21.5 Å². The minimum absolute atomic E-state index is 0.00944. The first-order valence-corrected chi connectivity index (χ1v) is 14.5.